The first kappa shape index (κ1) is 17.8. The van der Waals surface area contributed by atoms with Crippen LogP contribution in [-0.4, -0.2) is 19.4 Å². The minimum atomic E-state index is -4.16. The maximum atomic E-state index is 13.2. The molecule has 0 unspecified atom stereocenters. The number of benzene rings is 3. The quantitative estimate of drug-likeness (QED) is 0.565. The molecule has 0 spiro atoms. The summed E-state index contributed by atoms with van der Waals surface area (Å²) in [7, 11) is 0. The van der Waals surface area contributed by atoms with Crippen LogP contribution in [0.2, 0.25) is 5.25 Å². The molecule has 0 bridgehead atoms. The summed E-state index contributed by atoms with van der Waals surface area (Å²) in [5, 5.41) is 0.154. The Labute approximate surface area is 148 Å². The van der Waals surface area contributed by atoms with Gasteiger partial charge in [-0.05, 0) is 0 Å². The molecule has 0 aliphatic rings. The van der Waals surface area contributed by atoms with E-state index in [9.17, 15) is 13.2 Å². The first-order valence-electron chi connectivity index (χ1n) is 8.26. The molecule has 0 nitrogen and oxygen atoms in total. The molecule has 0 fully saturated rings. The van der Waals surface area contributed by atoms with E-state index in [1.807, 2.05) is 91.0 Å². The van der Waals surface area contributed by atoms with Crippen molar-refractivity contribution >= 4 is 26.5 Å². The molecule has 3 aromatic rings. The molecular weight excluding hydrogens is 382 g/mol. The van der Waals surface area contributed by atoms with E-state index in [2.05, 4.69) is 0 Å². The van der Waals surface area contributed by atoms with Crippen LogP contribution in [0.25, 0.3) is 0 Å². The monoisotopic (exact) mass is 402 g/mol. The summed E-state index contributed by atoms with van der Waals surface area (Å²) >= 11 is -3.43. The summed E-state index contributed by atoms with van der Waals surface area (Å²) in [6.07, 6.45) is -4.92. The summed E-state index contributed by atoms with van der Waals surface area (Å²) in [5.41, 5.74) is 0. The molecule has 0 amide bonds. The van der Waals surface area contributed by atoms with Crippen molar-refractivity contribution in [2.45, 2.75) is 17.9 Å². The Morgan fingerprint density at radius 3 is 1.16 bits per heavy atom. The zero-order valence-electron chi connectivity index (χ0n) is 13.7. The van der Waals surface area contributed by atoms with E-state index in [1.165, 1.54) is 0 Å². The van der Waals surface area contributed by atoms with Crippen LogP contribution in [0.3, 0.4) is 0 Å². The van der Waals surface area contributed by atoms with Crippen LogP contribution in [0.15, 0.2) is 91.0 Å². The predicted molar refractivity (Wildman–Crippen MR) is 99.5 cm³/mol. The summed E-state index contributed by atoms with van der Waals surface area (Å²) < 4.78 is 42.7. The third-order valence-electron chi connectivity index (χ3n) is 4.58. The van der Waals surface area contributed by atoms with Crippen LogP contribution in [0, 0.1) is 0 Å². The Kier molecular flexibility index (Phi) is 5.33. The third kappa shape index (κ3) is 3.98. The topological polar surface area (TPSA) is 0 Å². The van der Waals surface area contributed by atoms with Gasteiger partial charge in [0.15, 0.2) is 0 Å². The fourth-order valence-corrected chi connectivity index (χ4v) is 13.5. The molecule has 0 saturated heterocycles. The van der Waals surface area contributed by atoms with Gasteiger partial charge in [-0.2, -0.15) is 0 Å². The molecule has 0 aliphatic carbocycles. The molecule has 3 rings (SSSR count). The van der Waals surface area contributed by atoms with Gasteiger partial charge in [-0.1, -0.05) is 0 Å². The molecule has 0 radical (unpaired) electrons. The second kappa shape index (κ2) is 7.48. The Morgan fingerprint density at radius 1 is 0.560 bits per heavy atom. The Balaban J connectivity index is 2.24. The molecule has 0 N–H and O–H groups in total. The van der Waals surface area contributed by atoms with Gasteiger partial charge in [0.05, 0.1) is 0 Å². The average molecular weight is 401 g/mol. The van der Waals surface area contributed by atoms with Crippen molar-refractivity contribution < 1.29 is 13.2 Å². The summed E-state index contributed by atoms with van der Waals surface area (Å²) in [6, 6.07) is 29.3. The molecule has 0 heterocycles. The van der Waals surface area contributed by atoms with Crippen molar-refractivity contribution in [3.05, 3.63) is 91.0 Å². The van der Waals surface area contributed by atoms with Gasteiger partial charge in [0, 0.05) is 0 Å². The first-order valence-corrected chi connectivity index (χ1v) is 12.9. The molecule has 4 heteroatoms. The van der Waals surface area contributed by atoms with Crippen molar-refractivity contribution in [2.75, 3.05) is 0 Å². The van der Waals surface area contributed by atoms with Crippen molar-refractivity contribution in [1.29, 1.82) is 0 Å². The van der Waals surface area contributed by atoms with Crippen LogP contribution >= 0.6 is 0 Å². The summed E-state index contributed by atoms with van der Waals surface area (Å²) in [5.74, 6) is 0. The standard InChI is InChI=1S/C21H19F3Ge/c22-21(23,24)16-17-25(18-10-4-1-5-11-18,19-12-6-2-7-13-19)20-14-8-3-9-15-20/h1-15H,16-17H2. The van der Waals surface area contributed by atoms with Gasteiger partial charge < -0.3 is 0 Å². The van der Waals surface area contributed by atoms with Crippen molar-refractivity contribution in [3.8, 4) is 0 Å². The SMILES string of the molecule is FC(F)(F)C[CH2][Ge]([c]1ccccc1)([c]1ccccc1)[c]1ccccc1. The van der Waals surface area contributed by atoms with Gasteiger partial charge in [-0.3, -0.25) is 0 Å². The van der Waals surface area contributed by atoms with Crippen molar-refractivity contribution in [2.24, 2.45) is 0 Å². The summed E-state index contributed by atoms with van der Waals surface area (Å²) in [6.45, 7) is 0. The fourth-order valence-electron chi connectivity index (χ4n) is 3.43. The predicted octanol–water partition coefficient (Wildman–Crippen LogP) is 4.11. The minimum absolute atomic E-state index is 0.154. The Bertz CT molecular complexity index is 687. The van der Waals surface area contributed by atoms with Gasteiger partial charge in [0.2, 0.25) is 0 Å². The number of rotatable bonds is 5. The van der Waals surface area contributed by atoms with Crippen LogP contribution in [-0.2, 0) is 0 Å². The molecule has 128 valence electrons. The molecule has 0 aromatic heterocycles. The normalized spacial score (nSPS) is 12.1. The first-order chi connectivity index (χ1) is 12.0. The van der Waals surface area contributed by atoms with Crippen LogP contribution in [0.5, 0.6) is 0 Å². The van der Waals surface area contributed by atoms with Crippen LogP contribution in [0.4, 0.5) is 13.2 Å². The van der Waals surface area contributed by atoms with E-state index < -0.39 is 25.9 Å². The van der Waals surface area contributed by atoms with Crippen molar-refractivity contribution in [1.82, 2.24) is 0 Å². The molecule has 0 aliphatic heterocycles. The Morgan fingerprint density at radius 2 is 0.880 bits per heavy atom. The van der Waals surface area contributed by atoms with Gasteiger partial charge in [-0.25, -0.2) is 0 Å². The maximum absolute atomic E-state index is 13.2. The third-order valence-corrected chi connectivity index (χ3v) is 15.0. The number of hydrogen-bond donors (Lipinski definition) is 0. The van der Waals surface area contributed by atoms with Gasteiger partial charge in [-0.15, -0.1) is 0 Å². The molecule has 0 atom stereocenters. The number of hydrogen-bond acceptors (Lipinski definition) is 0. The molecule has 3 aromatic carbocycles. The van der Waals surface area contributed by atoms with E-state index >= 15 is 0 Å². The number of alkyl halides is 3. The molecule has 25 heavy (non-hydrogen) atoms. The number of halogens is 3. The Hall–Kier alpha value is -2.01. The van der Waals surface area contributed by atoms with Crippen molar-refractivity contribution in [3.63, 3.8) is 0 Å². The van der Waals surface area contributed by atoms with Crippen LogP contribution in [0.1, 0.15) is 6.42 Å². The van der Waals surface area contributed by atoms with E-state index in [1.54, 1.807) is 0 Å². The fraction of sp³-hybridized carbons (Fsp3) is 0.143. The van der Waals surface area contributed by atoms with E-state index in [0.29, 0.717) is 0 Å². The van der Waals surface area contributed by atoms with Gasteiger partial charge >= 0.3 is 148 Å². The zero-order valence-corrected chi connectivity index (χ0v) is 15.8. The molecule has 0 saturated carbocycles. The van der Waals surface area contributed by atoms with E-state index in [-0.39, 0.29) is 5.25 Å². The van der Waals surface area contributed by atoms with Crippen LogP contribution < -0.4 is 13.2 Å². The van der Waals surface area contributed by atoms with Gasteiger partial charge in [0.25, 0.3) is 0 Å². The van der Waals surface area contributed by atoms with Gasteiger partial charge in [0.1, 0.15) is 0 Å². The second-order valence-corrected chi connectivity index (χ2v) is 14.6. The van der Waals surface area contributed by atoms with E-state index in [4.69, 9.17) is 0 Å². The van der Waals surface area contributed by atoms with E-state index in [0.717, 1.165) is 13.2 Å². The second-order valence-electron chi connectivity index (χ2n) is 6.12. The zero-order chi connectivity index (χ0) is 17.8. The molecular formula is C21H19F3Ge. The average Bonchev–Trinajstić information content (AvgIpc) is 2.64. The summed E-state index contributed by atoms with van der Waals surface area (Å²) in [4.78, 5) is 0.